The highest BCUT2D eigenvalue weighted by Gasteiger charge is 2.27. The molecule has 15 heavy (non-hydrogen) atoms. The highest BCUT2D eigenvalue weighted by Crippen LogP contribution is 2.38. The molecule has 0 amide bonds. The molecule has 5 nitrogen and oxygen atoms in total. The molecule has 2 rings (SSSR count). The van der Waals surface area contributed by atoms with Gasteiger partial charge in [0.1, 0.15) is 5.92 Å². The number of rotatable bonds is 3. The van der Waals surface area contributed by atoms with Gasteiger partial charge < -0.3 is 19.7 Å². The number of carboxylic acids is 1. The third kappa shape index (κ3) is 1.61. The summed E-state index contributed by atoms with van der Waals surface area (Å²) in [7, 11) is 0. The smallest absolute Gasteiger partial charge is 0.313 e. The summed E-state index contributed by atoms with van der Waals surface area (Å²) in [5.41, 5.74) is 0.444. The molecule has 1 aromatic carbocycles. The fourth-order valence-electron chi connectivity index (χ4n) is 1.54. The summed E-state index contributed by atoms with van der Waals surface area (Å²) in [5, 5.41) is 17.9. The van der Waals surface area contributed by atoms with Crippen LogP contribution in [0, 0.1) is 0 Å². The monoisotopic (exact) mass is 210 g/mol. The topological polar surface area (TPSA) is 76.0 Å². The molecule has 0 unspecified atom stereocenters. The lowest BCUT2D eigenvalue weighted by molar-refractivity contribution is -0.139. The number of carboxylic acid groups (broad SMARTS) is 1. The van der Waals surface area contributed by atoms with E-state index in [1.807, 2.05) is 0 Å². The van der Waals surface area contributed by atoms with Crippen molar-refractivity contribution < 1.29 is 24.5 Å². The molecule has 1 aliphatic heterocycles. The Labute approximate surface area is 85.9 Å². The Morgan fingerprint density at radius 2 is 2.27 bits per heavy atom. The molecule has 80 valence electrons. The predicted molar refractivity (Wildman–Crippen MR) is 50.0 cm³/mol. The van der Waals surface area contributed by atoms with Gasteiger partial charge in [-0.1, -0.05) is 12.1 Å². The van der Waals surface area contributed by atoms with Gasteiger partial charge in [0.2, 0.25) is 6.79 Å². The average Bonchev–Trinajstić information content (AvgIpc) is 2.66. The first-order chi connectivity index (χ1) is 7.24. The van der Waals surface area contributed by atoms with Crippen molar-refractivity contribution in [1.82, 2.24) is 0 Å². The van der Waals surface area contributed by atoms with Crippen LogP contribution >= 0.6 is 0 Å². The summed E-state index contributed by atoms with van der Waals surface area (Å²) in [6.45, 7) is -0.376. The summed E-state index contributed by atoms with van der Waals surface area (Å²) in [5.74, 6) is -1.12. The summed E-state index contributed by atoms with van der Waals surface area (Å²) >= 11 is 0. The Bertz CT molecular complexity index is 387. The Morgan fingerprint density at radius 3 is 2.93 bits per heavy atom. The van der Waals surface area contributed by atoms with E-state index in [1.54, 1.807) is 18.2 Å². The van der Waals surface area contributed by atoms with Crippen LogP contribution in [0.3, 0.4) is 0 Å². The van der Waals surface area contributed by atoms with E-state index >= 15 is 0 Å². The van der Waals surface area contributed by atoms with Crippen LogP contribution in [-0.4, -0.2) is 29.6 Å². The van der Waals surface area contributed by atoms with Crippen molar-refractivity contribution >= 4 is 5.97 Å². The van der Waals surface area contributed by atoms with Gasteiger partial charge in [-0.2, -0.15) is 0 Å². The maximum Gasteiger partial charge on any atom is 0.313 e. The van der Waals surface area contributed by atoms with Gasteiger partial charge in [-0.25, -0.2) is 0 Å². The van der Waals surface area contributed by atoms with E-state index in [1.165, 1.54) is 0 Å². The molecule has 1 aliphatic rings. The second-order valence-electron chi connectivity index (χ2n) is 3.15. The van der Waals surface area contributed by atoms with Gasteiger partial charge in [-0.3, -0.25) is 4.79 Å². The molecule has 0 saturated carbocycles. The zero-order valence-corrected chi connectivity index (χ0v) is 7.84. The molecule has 0 bridgehead atoms. The first-order valence-corrected chi connectivity index (χ1v) is 4.46. The molecule has 0 aliphatic carbocycles. The van der Waals surface area contributed by atoms with Gasteiger partial charge in [-0.15, -0.1) is 0 Å². The number of para-hydroxylation sites is 1. The number of benzene rings is 1. The molecule has 1 aromatic rings. The zero-order chi connectivity index (χ0) is 10.8. The first-order valence-electron chi connectivity index (χ1n) is 4.46. The van der Waals surface area contributed by atoms with Crippen LogP contribution in [0.25, 0.3) is 0 Å². The molecule has 1 heterocycles. The molecule has 0 aromatic heterocycles. The van der Waals surface area contributed by atoms with Crippen molar-refractivity contribution in [2.45, 2.75) is 5.92 Å². The van der Waals surface area contributed by atoms with Gasteiger partial charge in [0.05, 0.1) is 6.61 Å². The fourth-order valence-corrected chi connectivity index (χ4v) is 1.54. The van der Waals surface area contributed by atoms with Crippen LogP contribution in [0.4, 0.5) is 0 Å². The number of aliphatic hydroxyl groups is 1. The molecule has 5 heteroatoms. The van der Waals surface area contributed by atoms with Gasteiger partial charge in [0, 0.05) is 5.56 Å². The quantitative estimate of drug-likeness (QED) is 0.763. The van der Waals surface area contributed by atoms with Crippen molar-refractivity contribution in [2.24, 2.45) is 0 Å². The van der Waals surface area contributed by atoms with Crippen LogP contribution in [0.15, 0.2) is 18.2 Å². The van der Waals surface area contributed by atoms with E-state index in [4.69, 9.17) is 19.7 Å². The minimum atomic E-state index is -1.08. The highest BCUT2D eigenvalue weighted by atomic mass is 16.7. The minimum absolute atomic E-state index is 0.0874. The molecule has 2 N–H and O–H groups in total. The van der Waals surface area contributed by atoms with Crippen molar-refractivity contribution in [3.05, 3.63) is 23.8 Å². The van der Waals surface area contributed by atoms with E-state index in [0.717, 1.165) is 0 Å². The van der Waals surface area contributed by atoms with Crippen LogP contribution in [-0.2, 0) is 4.79 Å². The normalized spacial score (nSPS) is 15.0. The lowest BCUT2D eigenvalue weighted by Gasteiger charge is -2.11. The van der Waals surface area contributed by atoms with Gasteiger partial charge in [0.25, 0.3) is 0 Å². The van der Waals surface area contributed by atoms with E-state index in [2.05, 4.69) is 0 Å². The van der Waals surface area contributed by atoms with E-state index in [0.29, 0.717) is 17.1 Å². The average molecular weight is 210 g/mol. The number of hydrogen-bond acceptors (Lipinski definition) is 4. The van der Waals surface area contributed by atoms with Crippen molar-refractivity contribution in [3.8, 4) is 11.5 Å². The lowest BCUT2D eigenvalue weighted by Crippen LogP contribution is -2.16. The van der Waals surface area contributed by atoms with Crippen molar-refractivity contribution in [3.63, 3.8) is 0 Å². The predicted octanol–water partition coefficient (Wildman–Crippen LogP) is 0.576. The lowest BCUT2D eigenvalue weighted by atomic mass is 9.99. The number of carbonyl (C=O) groups is 1. The van der Waals surface area contributed by atoms with Gasteiger partial charge in [-0.05, 0) is 6.07 Å². The second-order valence-corrected chi connectivity index (χ2v) is 3.15. The van der Waals surface area contributed by atoms with E-state index < -0.39 is 18.5 Å². The molecular weight excluding hydrogens is 200 g/mol. The van der Waals surface area contributed by atoms with Crippen LogP contribution in [0.2, 0.25) is 0 Å². The minimum Gasteiger partial charge on any atom is -0.481 e. The largest absolute Gasteiger partial charge is 0.481 e. The molecule has 0 radical (unpaired) electrons. The number of hydrogen-bond donors (Lipinski definition) is 2. The SMILES string of the molecule is O=C(O)[C@@H](CO)c1cccc2c1OCO2. The van der Waals surface area contributed by atoms with E-state index in [-0.39, 0.29) is 6.79 Å². The van der Waals surface area contributed by atoms with Crippen molar-refractivity contribution in [1.29, 1.82) is 0 Å². The molecule has 1 atom stereocenters. The molecule has 0 spiro atoms. The van der Waals surface area contributed by atoms with Crippen molar-refractivity contribution in [2.75, 3.05) is 13.4 Å². The Hall–Kier alpha value is -1.75. The number of fused-ring (bicyclic) bond motifs is 1. The Kier molecular flexibility index (Phi) is 2.47. The van der Waals surface area contributed by atoms with Crippen LogP contribution < -0.4 is 9.47 Å². The summed E-state index contributed by atoms with van der Waals surface area (Å²) in [6.07, 6.45) is 0. The highest BCUT2D eigenvalue weighted by molar-refractivity contribution is 5.78. The standard InChI is InChI=1S/C10H10O5/c11-4-7(10(12)13)6-2-1-3-8-9(6)15-5-14-8/h1-3,7,11H,4-5H2,(H,12,13)/t7-/m0/s1. The number of ether oxygens (including phenoxy) is 2. The van der Waals surface area contributed by atoms with Gasteiger partial charge >= 0.3 is 5.97 Å². The summed E-state index contributed by atoms with van der Waals surface area (Å²) < 4.78 is 10.3. The van der Waals surface area contributed by atoms with E-state index in [9.17, 15) is 4.79 Å². The Balaban J connectivity index is 2.43. The number of aliphatic carboxylic acids is 1. The molecule has 0 fully saturated rings. The van der Waals surface area contributed by atoms with Crippen LogP contribution in [0.1, 0.15) is 11.5 Å². The van der Waals surface area contributed by atoms with Crippen LogP contribution in [0.5, 0.6) is 11.5 Å². The third-order valence-electron chi connectivity index (χ3n) is 2.28. The van der Waals surface area contributed by atoms with Gasteiger partial charge in [0.15, 0.2) is 11.5 Å². The number of aliphatic hydroxyl groups excluding tert-OH is 1. The first kappa shape index (κ1) is 9.79. The molecular formula is C10H10O5. The maximum atomic E-state index is 10.9. The summed E-state index contributed by atoms with van der Waals surface area (Å²) in [4.78, 5) is 10.9. The summed E-state index contributed by atoms with van der Waals surface area (Å²) in [6, 6.07) is 4.99. The Morgan fingerprint density at radius 1 is 1.47 bits per heavy atom. The zero-order valence-electron chi connectivity index (χ0n) is 7.84. The second kappa shape index (κ2) is 3.78. The fraction of sp³-hybridized carbons (Fsp3) is 0.300. The molecule has 0 saturated heterocycles. The maximum absolute atomic E-state index is 10.9. The third-order valence-corrected chi connectivity index (χ3v) is 2.28.